The van der Waals surface area contributed by atoms with Gasteiger partial charge in [-0.1, -0.05) is 42.0 Å². The van der Waals surface area contributed by atoms with E-state index in [1.165, 1.54) is 6.08 Å². The van der Waals surface area contributed by atoms with Gasteiger partial charge >= 0.3 is 5.97 Å². The van der Waals surface area contributed by atoms with E-state index in [0.29, 0.717) is 18.1 Å². The van der Waals surface area contributed by atoms with Gasteiger partial charge in [-0.2, -0.15) is 0 Å². The standard InChI is InChI=1S/C21H21NO5/c1-15-6-8-16(9-7-15)10-11-21(24)26-14-20(23)22-12-17-13-25-18-4-2-3-5-19(18)27-17/h2-11,17H,12-14H2,1H3,(H,22,23)/b11-10+/t17-/m0/s1. The number of rotatable bonds is 6. The lowest BCUT2D eigenvalue weighted by molar-refractivity contribution is -0.143. The topological polar surface area (TPSA) is 73.9 Å². The van der Waals surface area contributed by atoms with E-state index in [1.807, 2.05) is 55.5 Å². The van der Waals surface area contributed by atoms with Crippen molar-refractivity contribution < 1.29 is 23.8 Å². The number of aryl methyl sites for hydroxylation is 1. The Labute approximate surface area is 157 Å². The average Bonchev–Trinajstić information content (AvgIpc) is 2.70. The molecule has 1 amide bonds. The van der Waals surface area contributed by atoms with Crippen molar-refractivity contribution in [3.63, 3.8) is 0 Å². The van der Waals surface area contributed by atoms with Crippen LogP contribution in [0.3, 0.4) is 0 Å². The highest BCUT2D eigenvalue weighted by molar-refractivity contribution is 5.89. The van der Waals surface area contributed by atoms with E-state index in [4.69, 9.17) is 14.2 Å². The Morgan fingerprint density at radius 1 is 1.15 bits per heavy atom. The normalized spacial score (nSPS) is 15.4. The Kier molecular flexibility index (Phi) is 6.10. The van der Waals surface area contributed by atoms with Crippen molar-refractivity contribution in [2.45, 2.75) is 13.0 Å². The van der Waals surface area contributed by atoms with Gasteiger partial charge in [-0.15, -0.1) is 0 Å². The van der Waals surface area contributed by atoms with Gasteiger partial charge in [0.1, 0.15) is 12.7 Å². The van der Waals surface area contributed by atoms with E-state index in [9.17, 15) is 9.59 Å². The van der Waals surface area contributed by atoms with Crippen LogP contribution in [0, 0.1) is 6.92 Å². The van der Waals surface area contributed by atoms with Crippen LogP contribution >= 0.6 is 0 Å². The van der Waals surface area contributed by atoms with Crippen molar-refractivity contribution >= 4 is 18.0 Å². The van der Waals surface area contributed by atoms with E-state index >= 15 is 0 Å². The SMILES string of the molecule is Cc1ccc(/C=C/C(=O)OCC(=O)NC[C@H]2COc3ccccc3O2)cc1. The summed E-state index contributed by atoms with van der Waals surface area (Å²) in [6, 6.07) is 15.1. The molecule has 1 heterocycles. The lowest BCUT2D eigenvalue weighted by Crippen LogP contribution is -2.42. The molecule has 0 spiro atoms. The second-order valence-corrected chi connectivity index (χ2v) is 6.15. The van der Waals surface area contributed by atoms with E-state index in [1.54, 1.807) is 6.08 Å². The number of carbonyl (C=O) groups is 2. The molecule has 0 unspecified atom stereocenters. The third kappa shape index (κ3) is 5.60. The number of ether oxygens (including phenoxy) is 3. The lowest BCUT2D eigenvalue weighted by atomic mass is 10.1. The van der Waals surface area contributed by atoms with E-state index < -0.39 is 11.9 Å². The third-order valence-electron chi connectivity index (χ3n) is 3.93. The summed E-state index contributed by atoms with van der Waals surface area (Å²) in [4.78, 5) is 23.5. The molecule has 0 aromatic heterocycles. The van der Waals surface area contributed by atoms with Crippen LogP contribution in [-0.2, 0) is 14.3 Å². The summed E-state index contributed by atoms with van der Waals surface area (Å²) in [6.07, 6.45) is 2.65. The Morgan fingerprint density at radius 2 is 1.89 bits per heavy atom. The van der Waals surface area contributed by atoms with Crippen molar-refractivity contribution in [1.29, 1.82) is 0 Å². The average molecular weight is 367 g/mol. The number of fused-ring (bicyclic) bond motifs is 1. The molecule has 0 saturated carbocycles. The maximum atomic E-state index is 11.8. The third-order valence-corrected chi connectivity index (χ3v) is 3.93. The minimum Gasteiger partial charge on any atom is -0.486 e. The summed E-state index contributed by atoms with van der Waals surface area (Å²) in [6.45, 7) is 2.26. The predicted molar refractivity (Wildman–Crippen MR) is 101 cm³/mol. The summed E-state index contributed by atoms with van der Waals surface area (Å²) in [5.41, 5.74) is 2.03. The Balaban J connectivity index is 1.37. The number of hydrogen-bond acceptors (Lipinski definition) is 5. The lowest BCUT2D eigenvalue weighted by Gasteiger charge is -2.26. The van der Waals surface area contributed by atoms with E-state index in [2.05, 4.69) is 5.32 Å². The number of para-hydroxylation sites is 2. The quantitative estimate of drug-likeness (QED) is 0.627. The molecule has 3 rings (SSSR count). The first-order valence-corrected chi connectivity index (χ1v) is 8.67. The van der Waals surface area contributed by atoms with Crippen LogP contribution in [0.5, 0.6) is 11.5 Å². The van der Waals surface area contributed by atoms with Gasteiger partial charge in [0.25, 0.3) is 5.91 Å². The van der Waals surface area contributed by atoms with Gasteiger partial charge < -0.3 is 19.5 Å². The van der Waals surface area contributed by atoms with Crippen LogP contribution in [0.1, 0.15) is 11.1 Å². The molecular formula is C21H21NO5. The van der Waals surface area contributed by atoms with Crippen LogP contribution in [0.15, 0.2) is 54.6 Å². The first kappa shape index (κ1) is 18.5. The number of benzene rings is 2. The molecule has 2 aromatic rings. The molecule has 0 aliphatic carbocycles. The Morgan fingerprint density at radius 3 is 2.67 bits per heavy atom. The van der Waals surface area contributed by atoms with Gasteiger partial charge in [-0.25, -0.2) is 4.79 Å². The minimum atomic E-state index is -0.572. The van der Waals surface area contributed by atoms with Gasteiger partial charge in [0.05, 0.1) is 6.54 Å². The van der Waals surface area contributed by atoms with Gasteiger partial charge in [-0.05, 0) is 30.7 Å². The van der Waals surface area contributed by atoms with Crippen LogP contribution in [0.25, 0.3) is 6.08 Å². The van der Waals surface area contributed by atoms with Gasteiger partial charge in [-0.3, -0.25) is 4.79 Å². The summed E-state index contributed by atoms with van der Waals surface area (Å²) < 4.78 is 16.3. The zero-order valence-corrected chi connectivity index (χ0v) is 15.0. The van der Waals surface area contributed by atoms with E-state index in [-0.39, 0.29) is 19.3 Å². The molecule has 6 nitrogen and oxygen atoms in total. The highest BCUT2D eigenvalue weighted by atomic mass is 16.6. The summed E-state index contributed by atoms with van der Waals surface area (Å²) >= 11 is 0. The van der Waals surface area contributed by atoms with E-state index in [0.717, 1.165) is 11.1 Å². The maximum Gasteiger partial charge on any atom is 0.331 e. The summed E-state index contributed by atoms with van der Waals surface area (Å²) in [5.74, 6) is 0.372. The smallest absolute Gasteiger partial charge is 0.331 e. The minimum absolute atomic E-state index is 0.268. The van der Waals surface area contributed by atoms with Crippen molar-refractivity contribution in [3.05, 3.63) is 65.7 Å². The maximum absolute atomic E-state index is 11.8. The molecule has 0 bridgehead atoms. The Hall–Kier alpha value is -3.28. The van der Waals surface area contributed by atoms with Crippen LogP contribution in [0.4, 0.5) is 0 Å². The summed E-state index contributed by atoms with van der Waals surface area (Å²) in [7, 11) is 0. The van der Waals surface area contributed by atoms with Crippen molar-refractivity contribution in [2.75, 3.05) is 19.8 Å². The molecular weight excluding hydrogens is 346 g/mol. The largest absolute Gasteiger partial charge is 0.486 e. The second-order valence-electron chi connectivity index (χ2n) is 6.15. The van der Waals surface area contributed by atoms with Crippen LogP contribution < -0.4 is 14.8 Å². The number of carbonyl (C=O) groups excluding carboxylic acids is 2. The molecule has 1 atom stereocenters. The van der Waals surface area contributed by atoms with Crippen molar-refractivity contribution in [3.8, 4) is 11.5 Å². The summed E-state index contributed by atoms with van der Waals surface area (Å²) in [5, 5.41) is 2.67. The molecule has 0 radical (unpaired) electrons. The van der Waals surface area contributed by atoms with Crippen molar-refractivity contribution in [2.24, 2.45) is 0 Å². The van der Waals surface area contributed by atoms with Gasteiger partial charge in [0, 0.05) is 6.08 Å². The van der Waals surface area contributed by atoms with Crippen LogP contribution in [-0.4, -0.2) is 37.7 Å². The molecule has 27 heavy (non-hydrogen) atoms. The van der Waals surface area contributed by atoms with Gasteiger partial charge in [0.2, 0.25) is 0 Å². The van der Waals surface area contributed by atoms with Crippen LogP contribution in [0.2, 0.25) is 0 Å². The predicted octanol–water partition coefficient (Wildman–Crippen LogP) is 2.51. The fourth-order valence-electron chi connectivity index (χ4n) is 2.47. The second kappa shape index (κ2) is 8.89. The zero-order chi connectivity index (χ0) is 19.1. The molecule has 1 aliphatic heterocycles. The Bertz CT molecular complexity index is 829. The fourth-order valence-corrected chi connectivity index (χ4v) is 2.47. The first-order valence-electron chi connectivity index (χ1n) is 8.67. The molecule has 1 aliphatic rings. The molecule has 6 heteroatoms. The molecule has 0 saturated heterocycles. The fraction of sp³-hybridized carbons (Fsp3) is 0.238. The molecule has 0 fully saturated rings. The number of esters is 1. The number of amides is 1. The molecule has 1 N–H and O–H groups in total. The zero-order valence-electron chi connectivity index (χ0n) is 15.0. The molecule has 2 aromatic carbocycles. The van der Waals surface area contributed by atoms with Gasteiger partial charge in [0.15, 0.2) is 18.1 Å². The highest BCUT2D eigenvalue weighted by Crippen LogP contribution is 2.30. The first-order chi connectivity index (χ1) is 13.1. The molecule has 140 valence electrons. The monoisotopic (exact) mass is 367 g/mol. The highest BCUT2D eigenvalue weighted by Gasteiger charge is 2.21. The van der Waals surface area contributed by atoms with Crippen molar-refractivity contribution in [1.82, 2.24) is 5.32 Å². The number of nitrogens with one attached hydrogen (secondary N) is 1. The number of hydrogen-bond donors (Lipinski definition) is 1.